The highest BCUT2D eigenvalue weighted by Gasteiger charge is 2.31. The molecule has 4 rings (SSSR count). The van der Waals surface area contributed by atoms with Crippen molar-refractivity contribution in [2.24, 2.45) is 10.3 Å². The molecule has 2 aliphatic rings. The number of aryl methyl sites for hydroxylation is 1. The molecule has 3 heterocycles. The van der Waals surface area contributed by atoms with Crippen LogP contribution in [0.4, 0.5) is 17.2 Å². The zero-order valence-corrected chi connectivity index (χ0v) is 21.8. The highest BCUT2D eigenvalue weighted by molar-refractivity contribution is 7.92. The molecule has 15 heteroatoms. The topological polar surface area (TPSA) is 175 Å². The number of aromatic nitrogens is 2. The number of hydrogen-bond donors (Lipinski definition) is 4. The molecule has 0 amide bonds. The van der Waals surface area contributed by atoms with E-state index in [0.29, 0.717) is 6.42 Å². The van der Waals surface area contributed by atoms with Crippen LogP contribution in [0.2, 0.25) is 0 Å². The van der Waals surface area contributed by atoms with Crippen LogP contribution in [0.3, 0.4) is 0 Å². The number of hydrazine groups is 1. The first-order valence-electron chi connectivity index (χ1n) is 11.4. The number of benzene rings is 1. The van der Waals surface area contributed by atoms with Crippen LogP contribution in [0.15, 0.2) is 32.3 Å². The van der Waals surface area contributed by atoms with E-state index in [1.165, 1.54) is 16.8 Å². The third kappa shape index (κ3) is 5.63. The summed E-state index contributed by atoms with van der Waals surface area (Å²) in [5.41, 5.74) is 2.13. The SMILES string of the molecule is CC(C)CCn1nc(NN2CCCC2)c(O)c(C2=NS(=O)(=O)c3cc(NS(C)(=O)=O)ccc3N2)c1=O. The normalized spacial score (nSPS) is 17.4. The van der Waals surface area contributed by atoms with Crippen LogP contribution in [0.25, 0.3) is 0 Å². The van der Waals surface area contributed by atoms with E-state index in [2.05, 4.69) is 25.0 Å². The van der Waals surface area contributed by atoms with Gasteiger partial charge in [0, 0.05) is 25.3 Å². The lowest BCUT2D eigenvalue weighted by atomic mass is 10.1. The molecule has 0 bridgehead atoms. The number of nitrogens with zero attached hydrogens (tertiary/aromatic N) is 4. The van der Waals surface area contributed by atoms with E-state index in [4.69, 9.17) is 0 Å². The van der Waals surface area contributed by atoms with Gasteiger partial charge in [-0.05, 0) is 43.4 Å². The highest BCUT2D eigenvalue weighted by Crippen LogP contribution is 2.33. The fourth-order valence-electron chi connectivity index (χ4n) is 3.91. The van der Waals surface area contributed by atoms with Gasteiger partial charge in [-0.1, -0.05) is 13.8 Å². The first-order valence-corrected chi connectivity index (χ1v) is 14.8. The zero-order valence-electron chi connectivity index (χ0n) is 20.1. The molecule has 1 aromatic carbocycles. The van der Waals surface area contributed by atoms with Crippen molar-refractivity contribution in [1.82, 2.24) is 14.8 Å². The quantitative estimate of drug-likeness (QED) is 0.383. The van der Waals surface area contributed by atoms with Crippen LogP contribution in [0, 0.1) is 5.92 Å². The molecule has 0 unspecified atom stereocenters. The molecule has 0 radical (unpaired) electrons. The number of amidine groups is 1. The molecule has 4 N–H and O–H groups in total. The van der Waals surface area contributed by atoms with Gasteiger partial charge >= 0.3 is 0 Å². The van der Waals surface area contributed by atoms with E-state index in [9.17, 15) is 26.7 Å². The maximum Gasteiger partial charge on any atom is 0.286 e. The minimum atomic E-state index is -4.34. The van der Waals surface area contributed by atoms with E-state index in [1.54, 1.807) is 0 Å². The van der Waals surface area contributed by atoms with Gasteiger partial charge in [0.15, 0.2) is 11.6 Å². The summed E-state index contributed by atoms with van der Waals surface area (Å²) in [6, 6.07) is 3.86. The summed E-state index contributed by atoms with van der Waals surface area (Å²) in [6.45, 7) is 5.71. The first-order chi connectivity index (χ1) is 16.8. The minimum Gasteiger partial charge on any atom is -0.504 e. The maximum atomic E-state index is 13.3. The molecule has 36 heavy (non-hydrogen) atoms. The molecule has 196 valence electrons. The van der Waals surface area contributed by atoms with Crippen molar-refractivity contribution in [2.75, 3.05) is 34.8 Å². The van der Waals surface area contributed by atoms with Crippen molar-refractivity contribution < 1.29 is 21.9 Å². The van der Waals surface area contributed by atoms with Crippen LogP contribution in [0.1, 0.15) is 38.7 Å². The average molecular weight is 540 g/mol. The Labute approximate surface area is 209 Å². The molecule has 0 spiro atoms. The summed E-state index contributed by atoms with van der Waals surface area (Å²) in [4.78, 5) is 13.1. The van der Waals surface area contributed by atoms with Crippen LogP contribution in [-0.4, -0.2) is 61.9 Å². The van der Waals surface area contributed by atoms with Crippen molar-refractivity contribution in [3.63, 3.8) is 0 Å². The molecule has 0 aliphatic carbocycles. The minimum absolute atomic E-state index is 0.0238. The fraction of sp³-hybridized carbons (Fsp3) is 0.476. The van der Waals surface area contributed by atoms with Crippen molar-refractivity contribution in [1.29, 1.82) is 0 Å². The number of sulfonamides is 2. The Balaban J connectivity index is 1.80. The van der Waals surface area contributed by atoms with Crippen LogP contribution < -0.4 is 21.0 Å². The Kier molecular flexibility index (Phi) is 6.99. The monoisotopic (exact) mass is 539 g/mol. The van der Waals surface area contributed by atoms with Gasteiger partial charge in [-0.2, -0.15) is 8.42 Å². The fourth-order valence-corrected chi connectivity index (χ4v) is 5.61. The van der Waals surface area contributed by atoms with Gasteiger partial charge in [0.1, 0.15) is 10.5 Å². The van der Waals surface area contributed by atoms with Crippen LogP contribution >= 0.6 is 0 Å². The Morgan fingerprint density at radius 1 is 1.22 bits per heavy atom. The predicted molar refractivity (Wildman–Crippen MR) is 136 cm³/mol. The van der Waals surface area contributed by atoms with Crippen molar-refractivity contribution in [3.8, 4) is 5.75 Å². The first kappa shape index (κ1) is 25.9. The van der Waals surface area contributed by atoms with Gasteiger partial charge in [0.25, 0.3) is 15.6 Å². The van der Waals surface area contributed by atoms with E-state index in [-0.39, 0.29) is 45.9 Å². The Morgan fingerprint density at radius 2 is 1.92 bits per heavy atom. The summed E-state index contributed by atoms with van der Waals surface area (Å²) in [6.07, 6.45) is 3.51. The number of hydrogen-bond acceptors (Lipinski definition) is 10. The van der Waals surface area contributed by atoms with Gasteiger partial charge in [0.05, 0.1) is 11.9 Å². The van der Waals surface area contributed by atoms with Gasteiger partial charge in [-0.15, -0.1) is 9.50 Å². The van der Waals surface area contributed by atoms with E-state index in [0.717, 1.165) is 38.3 Å². The van der Waals surface area contributed by atoms with Gasteiger partial charge in [-0.25, -0.2) is 18.1 Å². The summed E-state index contributed by atoms with van der Waals surface area (Å²) >= 11 is 0. The molecule has 0 saturated carbocycles. The zero-order chi connectivity index (χ0) is 26.3. The van der Waals surface area contributed by atoms with E-state index >= 15 is 0 Å². The van der Waals surface area contributed by atoms with Crippen molar-refractivity contribution >= 4 is 43.1 Å². The molecule has 0 atom stereocenters. The molecule has 1 aromatic heterocycles. The molecule has 13 nitrogen and oxygen atoms in total. The lowest BCUT2D eigenvalue weighted by molar-refractivity contribution is 0.390. The standard InChI is InChI=1S/C21H29N7O6S2/c1-13(2)8-11-28-21(30)17(18(29)20(24-28)23-27-9-4-5-10-27)19-22-15-7-6-14(25-35(3,31)32)12-16(15)36(33,34)26-19/h6-7,12-13,25,29H,4-5,8-11H2,1-3H3,(H,22,26)(H,23,24). The average Bonchev–Trinajstić information content (AvgIpc) is 3.27. The number of anilines is 3. The second kappa shape index (κ2) is 9.71. The number of rotatable bonds is 8. The largest absolute Gasteiger partial charge is 0.504 e. The van der Waals surface area contributed by atoms with Crippen LogP contribution in [-0.2, 0) is 26.6 Å². The number of aromatic hydroxyl groups is 1. The lowest BCUT2D eigenvalue weighted by Gasteiger charge is -2.22. The summed E-state index contributed by atoms with van der Waals surface area (Å²) in [5, 5.41) is 20.0. The van der Waals surface area contributed by atoms with Crippen molar-refractivity contribution in [3.05, 3.63) is 34.1 Å². The van der Waals surface area contributed by atoms with E-state index < -0.39 is 31.4 Å². The molecule has 2 aliphatic heterocycles. The molecular weight excluding hydrogens is 510 g/mol. The predicted octanol–water partition coefficient (Wildman–Crippen LogP) is 1.35. The second-order valence-electron chi connectivity index (χ2n) is 9.21. The molecule has 1 saturated heterocycles. The molecule has 1 fully saturated rings. The van der Waals surface area contributed by atoms with Gasteiger partial charge < -0.3 is 10.4 Å². The Morgan fingerprint density at radius 3 is 2.56 bits per heavy atom. The molecular formula is C21H29N7O6S2. The summed E-state index contributed by atoms with van der Waals surface area (Å²) in [7, 11) is -7.98. The second-order valence-corrected chi connectivity index (χ2v) is 12.5. The highest BCUT2D eigenvalue weighted by atomic mass is 32.2. The third-order valence-electron chi connectivity index (χ3n) is 5.68. The summed E-state index contributed by atoms with van der Waals surface area (Å²) in [5.74, 6) is -0.569. The Bertz CT molecular complexity index is 1480. The van der Waals surface area contributed by atoms with Crippen molar-refractivity contribution in [2.45, 2.75) is 44.6 Å². The Hall–Kier alpha value is -3.17. The lowest BCUT2D eigenvalue weighted by Crippen LogP contribution is -2.36. The number of fused-ring (bicyclic) bond motifs is 1. The maximum absolute atomic E-state index is 13.3. The van der Waals surface area contributed by atoms with Crippen LogP contribution in [0.5, 0.6) is 5.75 Å². The number of nitrogens with one attached hydrogen (secondary N) is 3. The van der Waals surface area contributed by atoms with Gasteiger partial charge in [0.2, 0.25) is 15.8 Å². The smallest absolute Gasteiger partial charge is 0.286 e. The third-order valence-corrected chi connectivity index (χ3v) is 7.61. The summed E-state index contributed by atoms with van der Waals surface area (Å²) < 4.78 is 56.3. The van der Waals surface area contributed by atoms with Gasteiger partial charge in [-0.3, -0.25) is 14.9 Å². The van der Waals surface area contributed by atoms with E-state index in [1.807, 2.05) is 18.9 Å². The molecule has 2 aromatic rings.